The van der Waals surface area contributed by atoms with Crippen molar-refractivity contribution in [1.29, 1.82) is 0 Å². The van der Waals surface area contributed by atoms with Gasteiger partial charge >= 0.3 is 0 Å². The Labute approximate surface area is 264 Å². The maximum Gasteiger partial charge on any atom is 0.229 e. The summed E-state index contributed by atoms with van der Waals surface area (Å²) in [5.41, 5.74) is 1.68. The highest BCUT2D eigenvalue weighted by Gasteiger charge is 2.28. The van der Waals surface area contributed by atoms with Crippen LogP contribution in [-0.2, 0) is 16.4 Å². The van der Waals surface area contributed by atoms with Crippen LogP contribution in [0.5, 0.6) is 5.75 Å². The molecule has 6 rings (SSSR count). The number of rotatable bonds is 8. The number of ether oxygens (including phenoxy) is 1. The summed E-state index contributed by atoms with van der Waals surface area (Å²) in [7, 11) is -1.45. The van der Waals surface area contributed by atoms with Crippen molar-refractivity contribution in [2.24, 2.45) is 0 Å². The Hall–Kier alpha value is -3.27. The van der Waals surface area contributed by atoms with Crippen LogP contribution in [0.25, 0.3) is 0 Å². The van der Waals surface area contributed by atoms with E-state index >= 15 is 8.78 Å². The molecule has 44 heavy (non-hydrogen) atoms. The van der Waals surface area contributed by atoms with E-state index in [1.165, 1.54) is 12.3 Å². The summed E-state index contributed by atoms with van der Waals surface area (Å²) >= 11 is 3.41. The first-order valence-corrected chi connectivity index (χ1v) is 17.2. The van der Waals surface area contributed by atoms with Gasteiger partial charge in [-0.1, -0.05) is 0 Å². The SMILES string of the molecule is CN1CCN(C2CCN(c3cc(F)c(Nc4ncc(Br)c(Nc5ccc6c(c5NS(C)(=O)=O)CCO6)n4)cc3F)CC2)CC1. The molecule has 236 valence electrons. The molecule has 0 unspecified atom stereocenters. The maximum atomic E-state index is 15.3. The molecule has 2 aromatic carbocycles. The molecule has 0 amide bonds. The van der Waals surface area contributed by atoms with E-state index < -0.39 is 21.7 Å². The number of aromatic nitrogens is 2. The van der Waals surface area contributed by atoms with Gasteiger partial charge in [0.05, 0.1) is 40.1 Å². The minimum absolute atomic E-state index is 0.0249. The van der Waals surface area contributed by atoms with Crippen LogP contribution in [0.4, 0.5) is 43.3 Å². The second-order valence-corrected chi connectivity index (χ2v) is 14.0. The van der Waals surface area contributed by atoms with Crippen molar-refractivity contribution in [2.75, 3.05) is 79.4 Å². The molecule has 0 saturated carbocycles. The molecular weight excluding hydrogens is 658 g/mol. The summed E-state index contributed by atoms with van der Waals surface area (Å²) < 4.78 is 63.5. The first-order valence-electron chi connectivity index (χ1n) is 14.5. The topological polar surface area (TPSA) is 115 Å². The van der Waals surface area contributed by atoms with E-state index in [2.05, 4.69) is 58.1 Å². The summed E-state index contributed by atoms with van der Waals surface area (Å²) in [5.74, 6) is -0.234. The molecule has 0 atom stereocenters. The largest absolute Gasteiger partial charge is 0.493 e. The summed E-state index contributed by atoms with van der Waals surface area (Å²) in [6.07, 6.45) is 4.89. The number of sulfonamides is 1. The predicted octanol–water partition coefficient (Wildman–Crippen LogP) is 4.53. The average molecular weight is 694 g/mol. The van der Waals surface area contributed by atoms with Crippen LogP contribution in [0.1, 0.15) is 18.4 Å². The van der Waals surface area contributed by atoms with E-state index in [1.54, 1.807) is 12.1 Å². The zero-order valence-electron chi connectivity index (χ0n) is 24.5. The summed E-state index contributed by atoms with van der Waals surface area (Å²) in [6.45, 7) is 5.96. The number of nitrogens with zero attached hydrogens (tertiary/aromatic N) is 5. The van der Waals surface area contributed by atoms with Crippen LogP contribution in [0.2, 0.25) is 0 Å². The molecule has 2 fully saturated rings. The fourth-order valence-electron chi connectivity index (χ4n) is 5.98. The lowest BCUT2D eigenvalue weighted by atomic mass is 10.0. The monoisotopic (exact) mass is 692 g/mol. The molecule has 2 saturated heterocycles. The molecule has 4 heterocycles. The Morgan fingerprint density at radius 1 is 1.00 bits per heavy atom. The summed E-state index contributed by atoms with van der Waals surface area (Å²) in [4.78, 5) is 15.4. The van der Waals surface area contributed by atoms with Gasteiger partial charge in [-0.25, -0.2) is 22.2 Å². The number of hydrogen-bond donors (Lipinski definition) is 3. The van der Waals surface area contributed by atoms with E-state index in [4.69, 9.17) is 4.74 Å². The van der Waals surface area contributed by atoms with Crippen LogP contribution in [0.3, 0.4) is 0 Å². The number of likely N-dealkylation sites (N-methyl/N-ethyl adjacent to an activating group) is 1. The third-order valence-corrected chi connectivity index (χ3v) is 9.46. The number of piperazine rings is 1. The van der Waals surface area contributed by atoms with Crippen LogP contribution in [0, 0.1) is 11.6 Å². The molecule has 0 aliphatic carbocycles. The maximum absolute atomic E-state index is 15.3. The van der Waals surface area contributed by atoms with Gasteiger partial charge in [0.25, 0.3) is 0 Å². The van der Waals surface area contributed by atoms with Crippen LogP contribution < -0.4 is 25.0 Å². The third kappa shape index (κ3) is 6.85. The molecule has 1 aromatic heterocycles. The highest BCUT2D eigenvalue weighted by atomic mass is 79.9. The van der Waals surface area contributed by atoms with Crippen molar-refractivity contribution in [3.8, 4) is 5.75 Å². The summed E-state index contributed by atoms with van der Waals surface area (Å²) in [5, 5.41) is 5.91. The minimum atomic E-state index is -3.59. The van der Waals surface area contributed by atoms with Gasteiger partial charge in [0.1, 0.15) is 23.2 Å². The van der Waals surface area contributed by atoms with Crippen molar-refractivity contribution < 1.29 is 21.9 Å². The van der Waals surface area contributed by atoms with Gasteiger partial charge in [0.2, 0.25) is 16.0 Å². The van der Waals surface area contributed by atoms with Gasteiger partial charge in [-0.3, -0.25) is 9.62 Å². The van der Waals surface area contributed by atoms with E-state index in [-0.39, 0.29) is 17.3 Å². The normalized spacial score (nSPS) is 18.2. The molecule has 3 aliphatic rings. The Morgan fingerprint density at radius 3 is 2.48 bits per heavy atom. The Kier molecular flexibility index (Phi) is 8.81. The van der Waals surface area contributed by atoms with Crippen LogP contribution in [0.15, 0.2) is 34.9 Å². The first-order chi connectivity index (χ1) is 21.0. The Balaban J connectivity index is 1.16. The number of fused-ring (bicyclic) bond motifs is 1. The lowest BCUT2D eigenvalue weighted by molar-refractivity contribution is 0.0981. The first kappa shape index (κ1) is 30.7. The molecular formula is C29H35BrF2N8O3S. The van der Waals surface area contributed by atoms with E-state index in [9.17, 15) is 8.42 Å². The standard InChI is InChI=1S/C29H35BrF2N8O3S/c1-38-10-12-39(13-11-38)18-5-8-40(9-6-18)25-16-21(31)24(15-22(25)32)35-29-33-17-20(30)28(36-29)34-23-3-4-26-19(7-14-43-26)27(23)37-44(2,41)42/h3-4,15-18,37H,5-14H2,1-2H3,(H2,33,34,35,36). The van der Waals surface area contributed by atoms with E-state index in [1.807, 2.05) is 4.90 Å². The van der Waals surface area contributed by atoms with Crippen LogP contribution >= 0.6 is 15.9 Å². The number of benzene rings is 2. The molecule has 15 heteroatoms. The number of piperidine rings is 1. The van der Waals surface area contributed by atoms with Gasteiger partial charge in [-0.2, -0.15) is 4.98 Å². The van der Waals surface area contributed by atoms with E-state index in [0.717, 1.165) is 56.9 Å². The lowest BCUT2D eigenvalue weighted by Crippen LogP contribution is -2.52. The highest BCUT2D eigenvalue weighted by molar-refractivity contribution is 9.10. The second kappa shape index (κ2) is 12.6. The molecule has 0 spiro atoms. The molecule has 11 nitrogen and oxygen atoms in total. The van der Waals surface area contributed by atoms with Gasteiger partial charge in [0, 0.05) is 75.6 Å². The smallest absolute Gasteiger partial charge is 0.229 e. The molecule has 3 aromatic rings. The highest BCUT2D eigenvalue weighted by Crippen LogP contribution is 2.40. The van der Waals surface area contributed by atoms with Crippen molar-refractivity contribution in [3.63, 3.8) is 0 Å². The van der Waals surface area contributed by atoms with Crippen molar-refractivity contribution in [3.05, 3.63) is 52.1 Å². The van der Waals surface area contributed by atoms with E-state index in [0.29, 0.717) is 59.6 Å². The zero-order valence-corrected chi connectivity index (χ0v) is 26.9. The lowest BCUT2D eigenvalue weighted by Gasteiger charge is -2.42. The fourth-order valence-corrected chi connectivity index (χ4v) is 6.87. The average Bonchev–Trinajstić information content (AvgIpc) is 3.47. The number of halogens is 3. The van der Waals surface area contributed by atoms with Crippen molar-refractivity contribution in [1.82, 2.24) is 19.8 Å². The Morgan fingerprint density at radius 2 is 1.75 bits per heavy atom. The molecule has 3 N–H and O–H groups in total. The number of hydrogen-bond acceptors (Lipinski definition) is 10. The number of nitrogens with one attached hydrogen (secondary N) is 3. The fraction of sp³-hybridized carbons (Fsp3) is 0.448. The van der Waals surface area contributed by atoms with Crippen LogP contribution in [-0.4, -0.2) is 93.4 Å². The van der Waals surface area contributed by atoms with Gasteiger partial charge in [0.15, 0.2) is 0 Å². The predicted molar refractivity (Wildman–Crippen MR) is 171 cm³/mol. The minimum Gasteiger partial charge on any atom is -0.493 e. The second-order valence-electron chi connectivity index (χ2n) is 11.4. The zero-order chi connectivity index (χ0) is 31.0. The van der Waals surface area contributed by atoms with Gasteiger partial charge in [-0.05, 0) is 48.0 Å². The quantitative estimate of drug-likeness (QED) is 0.311. The number of anilines is 6. The molecule has 0 bridgehead atoms. The Bertz CT molecular complexity index is 1650. The van der Waals surface area contributed by atoms with Crippen molar-refractivity contribution in [2.45, 2.75) is 25.3 Å². The van der Waals surface area contributed by atoms with Gasteiger partial charge in [-0.15, -0.1) is 0 Å². The third-order valence-electron chi connectivity index (χ3n) is 8.31. The van der Waals surface area contributed by atoms with Gasteiger partial charge < -0.3 is 25.2 Å². The summed E-state index contributed by atoms with van der Waals surface area (Å²) in [6, 6.07) is 6.25. The van der Waals surface area contributed by atoms with Crippen molar-refractivity contribution >= 4 is 60.5 Å². The molecule has 0 radical (unpaired) electrons. The molecule has 3 aliphatic heterocycles.